The molecule has 6 nitrogen and oxygen atoms in total. The van der Waals surface area contributed by atoms with Gasteiger partial charge >= 0.3 is 5.97 Å². The minimum Gasteiger partial charge on any atom is -0.480 e. The van der Waals surface area contributed by atoms with Crippen LogP contribution in [0.4, 0.5) is 0 Å². The van der Waals surface area contributed by atoms with E-state index in [0.29, 0.717) is 5.82 Å². The second-order valence-corrected chi connectivity index (χ2v) is 4.15. The van der Waals surface area contributed by atoms with Gasteiger partial charge in [0.1, 0.15) is 0 Å². The fourth-order valence-corrected chi connectivity index (χ4v) is 1.70. The number of aromatic nitrogens is 4. The van der Waals surface area contributed by atoms with Crippen molar-refractivity contribution in [3.8, 4) is 11.4 Å². The Balaban J connectivity index is 2.21. The van der Waals surface area contributed by atoms with Crippen molar-refractivity contribution in [2.45, 2.75) is 11.4 Å². The van der Waals surface area contributed by atoms with Crippen molar-refractivity contribution in [1.82, 2.24) is 20.2 Å². The Hall–Kier alpha value is -1.89. The highest BCUT2D eigenvalue weighted by molar-refractivity contribution is 7.98. The molecule has 0 aliphatic rings. The van der Waals surface area contributed by atoms with Crippen molar-refractivity contribution in [1.29, 1.82) is 0 Å². The SMILES string of the molecule is CSc1ccc(-c2nnn(CC(=O)O)n2)cc1. The Morgan fingerprint density at radius 1 is 1.41 bits per heavy atom. The van der Waals surface area contributed by atoms with Crippen LogP contribution in [0.15, 0.2) is 29.2 Å². The van der Waals surface area contributed by atoms with E-state index in [1.54, 1.807) is 11.8 Å². The van der Waals surface area contributed by atoms with Gasteiger partial charge in [-0.05, 0) is 35.7 Å². The lowest BCUT2D eigenvalue weighted by molar-refractivity contribution is -0.138. The Morgan fingerprint density at radius 2 is 2.12 bits per heavy atom. The molecule has 88 valence electrons. The average molecular weight is 250 g/mol. The molecule has 0 saturated heterocycles. The first kappa shape index (κ1) is 11.6. The third-order valence-electron chi connectivity index (χ3n) is 2.08. The van der Waals surface area contributed by atoms with Crippen molar-refractivity contribution in [3.05, 3.63) is 24.3 Å². The topological polar surface area (TPSA) is 80.9 Å². The van der Waals surface area contributed by atoms with Gasteiger partial charge in [0.25, 0.3) is 0 Å². The van der Waals surface area contributed by atoms with Gasteiger partial charge in [-0.2, -0.15) is 4.80 Å². The van der Waals surface area contributed by atoms with Crippen LogP contribution in [0.5, 0.6) is 0 Å². The number of thioether (sulfide) groups is 1. The second kappa shape index (κ2) is 4.96. The number of carboxylic acids is 1. The van der Waals surface area contributed by atoms with Crippen LogP contribution in [0.1, 0.15) is 0 Å². The summed E-state index contributed by atoms with van der Waals surface area (Å²) in [6, 6.07) is 7.68. The summed E-state index contributed by atoms with van der Waals surface area (Å²) in [7, 11) is 0. The molecule has 2 rings (SSSR count). The van der Waals surface area contributed by atoms with E-state index in [0.717, 1.165) is 15.3 Å². The lowest BCUT2D eigenvalue weighted by Gasteiger charge is -1.97. The van der Waals surface area contributed by atoms with E-state index in [1.807, 2.05) is 30.5 Å². The van der Waals surface area contributed by atoms with Crippen molar-refractivity contribution < 1.29 is 9.90 Å². The first-order valence-corrected chi connectivity index (χ1v) is 6.05. The molecule has 0 atom stereocenters. The van der Waals surface area contributed by atoms with Gasteiger partial charge in [0.05, 0.1) is 0 Å². The Kier molecular flexibility index (Phi) is 3.38. The zero-order valence-electron chi connectivity index (χ0n) is 9.07. The van der Waals surface area contributed by atoms with Crippen molar-refractivity contribution in [2.24, 2.45) is 0 Å². The molecule has 1 heterocycles. The molecule has 0 aliphatic carbocycles. The molecule has 0 fully saturated rings. The summed E-state index contributed by atoms with van der Waals surface area (Å²) in [6.07, 6.45) is 2.00. The molecular formula is C10H10N4O2S. The largest absolute Gasteiger partial charge is 0.480 e. The van der Waals surface area contributed by atoms with Crippen LogP contribution in [0, 0.1) is 0 Å². The van der Waals surface area contributed by atoms with Gasteiger partial charge in [0.2, 0.25) is 5.82 Å². The van der Waals surface area contributed by atoms with Crippen molar-refractivity contribution in [3.63, 3.8) is 0 Å². The Bertz CT molecular complexity index is 523. The minimum absolute atomic E-state index is 0.282. The molecule has 0 spiro atoms. The molecule has 0 aliphatic heterocycles. The van der Waals surface area contributed by atoms with Crippen LogP contribution in [0.2, 0.25) is 0 Å². The first-order chi connectivity index (χ1) is 8.19. The van der Waals surface area contributed by atoms with Gasteiger partial charge in [-0.3, -0.25) is 4.79 Å². The van der Waals surface area contributed by atoms with Gasteiger partial charge in [-0.25, -0.2) is 0 Å². The number of hydrogen-bond donors (Lipinski definition) is 1. The lowest BCUT2D eigenvalue weighted by Crippen LogP contribution is -2.11. The zero-order valence-corrected chi connectivity index (χ0v) is 9.89. The fraction of sp³-hybridized carbons (Fsp3) is 0.200. The summed E-state index contributed by atoms with van der Waals surface area (Å²) >= 11 is 1.65. The standard InChI is InChI=1S/C10H10N4O2S/c1-17-8-4-2-7(3-5-8)10-11-13-14(12-10)6-9(15)16/h2-5H,6H2,1H3,(H,15,16). The molecule has 2 aromatic rings. The number of aliphatic carboxylic acids is 1. The smallest absolute Gasteiger partial charge is 0.327 e. The molecule has 7 heteroatoms. The van der Waals surface area contributed by atoms with E-state index >= 15 is 0 Å². The monoisotopic (exact) mass is 250 g/mol. The van der Waals surface area contributed by atoms with E-state index in [4.69, 9.17) is 5.11 Å². The van der Waals surface area contributed by atoms with Gasteiger partial charge < -0.3 is 5.11 Å². The maximum atomic E-state index is 10.5. The maximum absolute atomic E-state index is 10.5. The lowest BCUT2D eigenvalue weighted by atomic mass is 10.2. The van der Waals surface area contributed by atoms with Crippen LogP contribution >= 0.6 is 11.8 Å². The average Bonchev–Trinajstić information content (AvgIpc) is 2.77. The van der Waals surface area contributed by atoms with E-state index in [2.05, 4.69) is 15.4 Å². The predicted octanol–water partition coefficient (Wildman–Crippen LogP) is 1.15. The summed E-state index contributed by atoms with van der Waals surface area (Å²) < 4.78 is 0. The molecular weight excluding hydrogens is 240 g/mol. The Morgan fingerprint density at radius 3 is 2.71 bits per heavy atom. The molecule has 0 bridgehead atoms. The number of nitrogens with zero attached hydrogens (tertiary/aromatic N) is 4. The summed E-state index contributed by atoms with van der Waals surface area (Å²) in [4.78, 5) is 12.7. The van der Waals surface area contributed by atoms with Crippen molar-refractivity contribution >= 4 is 17.7 Å². The number of carbonyl (C=O) groups is 1. The highest BCUT2D eigenvalue weighted by atomic mass is 32.2. The first-order valence-electron chi connectivity index (χ1n) is 4.83. The van der Waals surface area contributed by atoms with Gasteiger partial charge in [-0.15, -0.1) is 22.0 Å². The second-order valence-electron chi connectivity index (χ2n) is 3.27. The van der Waals surface area contributed by atoms with E-state index < -0.39 is 5.97 Å². The normalized spacial score (nSPS) is 10.4. The molecule has 1 N–H and O–H groups in total. The quantitative estimate of drug-likeness (QED) is 0.820. The molecule has 0 unspecified atom stereocenters. The van der Waals surface area contributed by atoms with Crippen LogP contribution in [-0.4, -0.2) is 37.5 Å². The summed E-state index contributed by atoms with van der Waals surface area (Å²) in [5, 5.41) is 20.0. The van der Waals surface area contributed by atoms with E-state index in [9.17, 15) is 4.79 Å². The van der Waals surface area contributed by atoms with Gasteiger partial charge in [0, 0.05) is 10.5 Å². The third-order valence-corrected chi connectivity index (χ3v) is 2.82. The number of hydrogen-bond acceptors (Lipinski definition) is 5. The van der Waals surface area contributed by atoms with Gasteiger partial charge in [0.15, 0.2) is 6.54 Å². The van der Waals surface area contributed by atoms with Crippen LogP contribution in [0.3, 0.4) is 0 Å². The molecule has 1 aromatic heterocycles. The number of carboxylic acid groups (broad SMARTS) is 1. The maximum Gasteiger partial charge on any atom is 0.327 e. The van der Waals surface area contributed by atoms with Crippen LogP contribution in [-0.2, 0) is 11.3 Å². The predicted molar refractivity (Wildman–Crippen MR) is 62.7 cm³/mol. The number of tetrazole rings is 1. The van der Waals surface area contributed by atoms with Crippen LogP contribution in [0.25, 0.3) is 11.4 Å². The molecule has 0 amide bonds. The molecule has 0 radical (unpaired) electrons. The molecule has 17 heavy (non-hydrogen) atoms. The zero-order chi connectivity index (χ0) is 12.3. The highest BCUT2D eigenvalue weighted by Gasteiger charge is 2.07. The minimum atomic E-state index is -0.994. The Labute approximate surface area is 102 Å². The van der Waals surface area contributed by atoms with Crippen LogP contribution < -0.4 is 0 Å². The summed E-state index contributed by atoms with van der Waals surface area (Å²) in [5.41, 5.74) is 0.819. The third kappa shape index (κ3) is 2.82. The van der Waals surface area contributed by atoms with Gasteiger partial charge in [-0.1, -0.05) is 0 Å². The van der Waals surface area contributed by atoms with E-state index in [1.165, 1.54) is 0 Å². The van der Waals surface area contributed by atoms with E-state index in [-0.39, 0.29) is 6.54 Å². The molecule has 1 aromatic carbocycles. The number of rotatable bonds is 4. The summed E-state index contributed by atoms with van der Waals surface area (Å²) in [5.74, 6) is -0.564. The fourth-order valence-electron chi connectivity index (χ4n) is 1.29. The summed E-state index contributed by atoms with van der Waals surface area (Å²) in [6.45, 7) is -0.282. The number of benzene rings is 1. The molecule has 0 saturated carbocycles. The highest BCUT2D eigenvalue weighted by Crippen LogP contribution is 2.19. The van der Waals surface area contributed by atoms with Crippen molar-refractivity contribution in [2.75, 3.05) is 6.26 Å².